The summed E-state index contributed by atoms with van der Waals surface area (Å²) in [6.07, 6.45) is 3.79. The fraction of sp³-hybridized carbons (Fsp3) is 0.667. The van der Waals surface area contributed by atoms with E-state index in [1.807, 2.05) is 6.07 Å². The lowest BCUT2D eigenvalue weighted by Gasteiger charge is -2.30. The van der Waals surface area contributed by atoms with E-state index in [1.54, 1.807) is 13.3 Å². The van der Waals surface area contributed by atoms with Crippen molar-refractivity contribution in [1.29, 1.82) is 0 Å². The number of ether oxygens (including phenoxy) is 1. The molecule has 0 aromatic carbocycles. The molecular weight excluding hydrogens is 230 g/mol. The lowest BCUT2D eigenvalue weighted by Crippen LogP contribution is -2.40. The monoisotopic (exact) mass is 251 g/mol. The van der Waals surface area contributed by atoms with Crippen LogP contribution in [0.25, 0.3) is 0 Å². The zero-order valence-corrected chi connectivity index (χ0v) is 10.8. The normalized spacial score (nSPS) is 16.9. The third-order valence-corrected chi connectivity index (χ3v) is 3.08. The molecule has 6 heteroatoms. The van der Waals surface area contributed by atoms with Crippen molar-refractivity contribution in [2.75, 3.05) is 43.6 Å². The van der Waals surface area contributed by atoms with E-state index in [1.165, 1.54) is 0 Å². The van der Waals surface area contributed by atoms with Crippen LogP contribution in [0.15, 0.2) is 12.3 Å². The van der Waals surface area contributed by atoms with E-state index in [4.69, 9.17) is 10.5 Å². The molecule has 0 unspecified atom stereocenters. The van der Waals surface area contributed by atoms with E-state index in [2.05, 4.69) is 20.2 Å². The van der Waals surface area contributed by atoms with Gasteiger partial charge in [-0.3, -0.25) is 0 Å². The predicted molar refractivity (Wildman–Crippen MR) is 71.8 cm³/mol. The Morgan fingerprint density at radius 2 is 2.28 bits per heavy atom. The van der Waals surface area contributed by atoms with Crippen molar-refractivity contribution in [1.82, 2.24) is 9.97 Å². The van der Waals surface area contributed by atoms with Crippen LogP contribution in [-0.2, 0) is 4.74 Å². The third-order valence-electron chi connectivity index (χ3n) is 3.08. The molecule has 0 radical (unpaired) electrons. The maximum absolute atomic E-state index is 5.89. The number of nitrogens with zero attached hydrogens (tertiary/aromatic N) is 3. The van der Waals surface area contributed by atoms with Crippen LogP contribution in [0, 0.1) is 0 Å². The molecule has 0 saturated carbocycles. The second kappa shape index (κ2) is 6.51. The SMILES string of the molecule is COCCNc1ccnc(N2CCC(N)CC2)n1. The van der Waals surface area contributed by atoms with Crippen LogP contribution in [-0.4, -0.2) is 49.4 Å². The lowest BCUT2D eigenvalue weighted by molar-refractivity contribution is 0.210. The molecule has 2 rings (SSSR count). The summed E-state index contributed by atoms with van der Waals surface area (Å²) in [5.41, 5.74) is 5.89. The van der Waals surface area contributed by atoms with Gasteiger partial charge in [0.15, 0.2) is 0 Å². The Kier molecular flexibility index (Phi) is 4.72. The van der Waals surface area contributed by atoms with E-state index in [-0.39, 0.29) is 0 Å². The molecule has 1 aliphatic heterocycles. The summed E-state index contributed by atoms with van der Waals surface area (Å²) in [6.45, 7) is 3.28. The number of nitrogens with two attached hydrogens (primary N) is 1. The van der Waals surface area contributed by atoms with Gasteiger partial charge in [-0.15, -0.1) is 0 Å². The minimum absolute atomic E-state index is 0.323. The van der Waals surface area contributed by atoms with Crippen LogP contribution in [0.3, 0.4) is 0 Å². The summed E-state index contributed by atoms with van der Waals surface area (Å²) >= 11 is 0. The van der Waals surface area contributed by atoms with Gasteiger partial charge in [0.2, 0.25) is 5.95 Å². The average Bonchev–Trinajstić information content (AvgIpc) is 2.40. The van der Waals surface area contributed by atoms with Crippen LogP contribution in [0.5, 0.6) is 0 Å². The molecule has 1 aromatic rings. The molecule has 100 valence electrons. The molecule has 0 bridgehead atoms. The van der Waals surface area contributed by atoms with E-state index in [9.17, 15) is 0 Å². The third kappa shape index (κ3) is 3.54. The molecule has 1 aromatic heterocycles. The first-order valence-corrected chi connectivity index (χ1v) is 6.36. The Labute approximate surface area is 108 Å². The van der Waals surface area contributed by atoms with Gasteiger partial charge in [0, 0.05) is 39.0 Å². The maximum atomic E-state index is 5.89. The molecule has 0 aliphatic carbocycles. The Balaban J connectivity index is 1.94. The van der Waals surface area contributed by atoms with Crippen LogP contribution in [0.4, 0.5) is 11.8 Å². The molecule has 1 aliphatic rings. The van der Waals surface area contributed by atoms with Crippen LogP contribution in [0.2, 0.25) is 0 Å². The fourth-order valence-corrected chi connectivity index (χ4v) is 1.98. The standard InChI is InChI=1S/C12H21N5O/c1-18-9-6-14-11-2-5-15-12(16-11)17-7-3-10(13)4-8-17/h2,5,10H,3-4,6-9,13H2,1H3,(H,14,15,16). The molecule has 0 amide bonds. The highest BCUT2D eigenvalue weighted by Crippen LogP contribution is 2.16. The number of piperidine rings is 1. The smallest absolute Gasteiger partial charge is 0.227 e. The van der Waals surface area contributed by atoms with Gasteiger partial charge in [-0.25, -0.2) is 4.98 Å². The van der Waals surface area contributed by atoms with Gasteiger partial charge in [-0.2, -0.15) is 4.98 Å². The van der Waals surface area contributed by atoms with Crippen molar-refractivity contribution in [2.24, 2.45) is 5.73 Å². The summed E-state index contributed by atoms with van der Waals surface area (Å²) in [5.74, 6) is 1.62. The highest BCUT2D eigenvalue weighted by molar-refractivity contribution is 5.41. The van der Waals surface area contributed by atoms with Gasteiger partial charge in [0.25, 0.3) is 0 Å². The molecule has 1 fully saturated rings. The van der Waals surface area contributed by atoms with E-state index >= 15 is 0 Å². The molecule has 0 spiro atoms. The van der Waals surface area contributed by atoms with E-state index in [0.29, 0.717) is 12.6 Å². The van der Waals surface area contributed by atoms with Gasteiger partial charge in [0.05, 0.1) is 6.61 Å². The van der Waals surface area contributed by atoms with Crippen LogP contribution < -0.4 is 16.0 Å². The zero-order chi connectivity index (χ0) is 12.8. The van der Waals surface area contributed by atoms with Gasteiger partial charge < -0.3 is 20.7 Å². The summed E-state index contributed by atoms with van der Waals surface area (Å²) in [4.78, 5) is 11.0. The number of hydrogen-bond acceptors (Lipinski definition) is 6. The number of hydrogen-bond donors (Lipinski definition) is 2. The quantitative estimate of drug-likeness (QED) is 0.741. The van der Waals surface area contributed by atoms with Gasteiger partial charge in [-0.1, -0.05) is 0 Å². The topological polar surface area (TPSA) is 76.3 Å². The summed E-state index contributed by atoms with van der Waals surface area (Å²) in [6, 6.07) is 2.19. The van der Waals surface area contributed by atoms with Gasteiger partial charge in [-0.05, 0) is 18.9 Å². The van der Waals surface area contributed by atoms with E-state index in [0.717, 1.165) is 44.2 Å². The number of anilines is 2. The molecule has 6 nitrogen and oxygen atoms in total. The molecule has 1 saturated heterocycles. The van der Waals surface area contributed by atoms with Crippen LogP contribution in [0.1, 0.15) is 12.8 Å². The van der Waals surface area contributed by atoms with Crippen molar-refractivity contribution >= 4 is 11.8 Å². The molecule has 0 atom stereocenters. The summed E-state index contributed by atoms with van der Waals surface area (Å²) in [5, 5.41) is 3.21. The zero-order valence-electron chi connectivity index (χ0n) is 10.8. The number of aromatic nitrogens is 2. The first-order chi connectivity index (χ1) is 8.79. The second-order valence-corrected chi connectivity index (χ2v) is 4.49. The molecular formula is C12H21N5O. The number of rotatable bonds is 5. The first-order valence-electron chi connectivity index (χ1n) is 6.36. The van der Waals surface area contributed by atoms with Crippen molar-refractivity contribution < 1.29 is 4.74 Å². The summed E-state index contributed by atoms with van der Waals surface area (Å²) in [7, 11) is 1.68. The highest BCUT2D eigenvalue weighted by atomic mass is 16.5. The molecule has 3 N–H and O–H groups in total. The lowest BCUT2D eigenvalue weighted by atomic mass is 10.1. The Morgan fingerprint density at radius 3 is 3.00 bits per heavy atom. The Morgan fingerprint density at radius 1 is 1.50 bits per heavy atom. The number of methoxy groups -OCH3 is 1. The van der Waals surface area contributed by atoms with Crippen molar-refractivity contribution in [3.05, 3.63) is 12.3 Å². The highest BCUT2D eigenvalue weighted by Gasteiger charge is 2.18. The Hall–Kier alpha value is -1.40. The second-order valence-electron chi connectivity index (χ2n) is 4.49. The fourth-order valence-electron chi connectivity index (χ4n) is 1.98. The van der Waals surface area contributed by atoms with Gasteiger partial charge in [0.1, 0.15) is 5.82 Å². The van der Waals surface area contributed by atoms with Crippen LogP contribution >= 0.6 is 0 Å². The minimum atomic E-state index is 0.323. The van der Waals surface area contributed by atoms with Crippen molar-refractivity contribution in [2.45, 2.75) is 18.9 Å². The minimum Gasteiger partial charge on any atom is -0.383 e. The van der Waals surface area contributed by atoms with Crippen molar-refractivity contribution in [3.63, 3.8) is 0 Å². The maximum Gasteiger partial charge on any atom is 0.227 e. The van der Waals surface area contributed by atoms with E-state index < -0.39 is 0 Å². The van der Waals surface area contributed by atoms with Crippen molar-refractivity contribution in [3.8, 4) is 0 Å². The Bertz CT molecular complexity index is 365. The van der Waals surface area contributed by atoms with Gasteiger partial charge >= 0.3 is 0 Å². The summed E-state index contributed by atoms with van der Waals surface area (Å²) < 4.78 is 4.99. The largest absolute Gasteiger partial charge is 0.383 e. The first kappa shape index (κ1) is 13.0. The molecule has 18 heavy (non-hydrogen) atoms. The molecule has 2 heterocycles. The average molecular weight is 251 g/mol. The predicted octanol–water partition coefficient (Wildman–Crippen LogP) is 0.462. The number of nitrogens with one attached hydrogen (secondary N) is 1.